The molecule has 0 saturated carbocycles. The van der Waals surface area contributed by atoms with Crippen LogP contribution in [0.4, 0.5) is 5.69 Å². The summed E-state index contributed by atoms with van der Waals surface area (Å²) in [5.41, 5.74) is 9.21. The van der Waals surface area contributed by atoms with Gasteiger partial charge in [-0.2, -0.15) is 0 Å². The fourth-order valence-electron chi connectivity index (χ4n) is 1.54. The van der Waals surface area contributed by atoms with Crippen LogP contribution in [-0.4, -0.2) is 18.2 Å². The minimum atomic E-state index is -1.12. The Balaban J connectivity index is 3.64. The first-order valence-electron chi connectivity index (χ1n) is 5.32. The molecule has 96 valence electrons. The van der Waals surface area contributed by atoms with E-state index in [1.807, 2.05) is 20.8 Å². The summed E-state index contributed by atoms with van der Waals surface area (Å²) in [5, 5.41) is 12.7. The summed E-state index contributed by atoms with van der Waals surface area (Å²) in [7, 11) is 1.34. The third-order valence-electron chi connectivity index (χ3n) is 2.52. The van der Waals surface area contributed by atoms with Crippen molar-refractivity contribution in [3.63, 3.8) is 0 Å². The molecule has 1 N–H and O–H groups in total. The number of nitrogens with zero attached hydrogens (tertiary/aromatic N) is 3. The Morgan fingerprint density at radius 2 is 2.06 bits per heavy atom. The van der Waals surface area contributed by atoms with E-state index in [1.54, 1.807) is 6.07 Å². The van der Waals surface area contributed by atoms with Gasteiger partial charge in [-0.15, -0.1) is 0 Å². The molecule has 1 rings (SSSR count). The van der Waals surface area contributed by atoms with Crippen LogP contribution in [0.3, 0.4) is 0 Å². The molecule has 0 aliphatic carbocycles. The topological polar surface area (TPSA) is 95.3 Å². The molecule has 0 atom stereocenters. The highest BCUT2D eigenvalue weighted by Crippen LogP contribution is 2.37. The Labute approximate surface area is 105 Å². The van der Waals surface area contributed by atoms with E-state index < -0.39 is 5.97 Å². The Bertz CT molecular complexity index is 503. The molecular formula is C12H15N3O3. The smallest absolute Gasteiger partial charge is 0.339 e. The first kappa shape index (κ1) is 13.9. The summed E-state index contributed by atoms with van der Waals surface area (Å²) in [6, 6.07) is 3.18. The van der Waals surface area contributed by atoms with Gasteiger partial charge in [0.15, 0.2) is 0 Å². The molecule has 0 unspecified atom stereocenters. The molecular weight excluding hydrogens is 234 g/mol. The molecule has 0 aromatic heterocycles. The molecule has 1 aromatic rings. The van der Waals surface area contributed by atoms with Crippen molar-refractivity contribution >= 4 is 11.7 Å². The number of benzene rings is 1. The van der Waals surface area contributed by atoms with Crippen molar-refractivity contribution in [1.82, 2.24) is 0 Å². The van der Waals surface area contributed by atoms with Crippen LogP contribution >= 0.6 is 0 Å². The fourth-order valence-corrected chi connectivity index (χ4v) is 1.54. The van der Waals surface area contributed by atoms with Gasteiger partial charge in [0.2, 0.25) is 0 Å². The zero-order valence-corrected chi connectivity index (χ0v) is 10.8. The number of rotatable bonds is 3. The number of aromatic carboxylic acids is 1. The molecule has 18 heavy (non-hydrogen) atoms. The number of carboxylic acids is 1. The number of methoxy groups -OCH3 is 1. The SMILES string of the molecule is COc1c(N=[N+]=[N-])cc(C(C)(C)C)cc1C(=O)O. The number of hydrogen-bond acceptors (Lipinski definition) is 3. The van der Waals surface area contributed by atoms with E-state index in [2.05, 4.69) is 10.0 Å². The summed E-state index contributed by atoms with van der Waals surface area (Å²) in [6.07, 6.45) is 0. The van der Waals surface area contributed by atoms with Gasteiger partial charge in [0.1, 0.15) is 11.3 Å². The van der Waals surface area contributed by atoms with Gasteiger partial charge in [-0.3, -0.25) is 0 Å². The van der Waals surface area contributed by atoms with Crippen LogP contribution in [0.2, 0.25) is 0 Å². The quantitative estimate of drug-likeness (QED) is 0.503. The van der Waals surface area contributed by atoms with Crippen molar-refractivity contribution in [3.05, 3.63) is 33.7 Å². The predicted octanol–water partition coefficient (Wildman–Crippen LogP) is 3.63. The Morgan fingerprint density at radius 1 is 1.44 bits per heavy atom. The van der Waals surface area contributed by atoms with Gasteiger partial charge >= 0.3 is 5.97 Å². The van der Waals surface area contributed by atoms with Gasteiger partial charge in [-0.25, -0.2) is 4.79 Å². The lowest BCUT2D eigenvalue weighted by Gasteiger charge is -2.21. The Kier molecular flexibility index (Phi) is 3.83. The number of azide groups is 1. The Morgan fingerprint density at radius 3 is 2.44 bits per heavy atom. The molecule has 0 fully saturated rings. The molecule has 0 spiro atoms. The van der Waals surface area contributed by atoms with Crippen LogP contribution in [0.25, 0.3) is 10.4 Å². The largest absolute Gasteiger partial charge is 0.495 e. The number of ether oxygens (including phenoxy) is 1. The highest BCUT2D eigenvalue weighted by atomic mass is 16.5. The van der Waals surface area contributed by atoms with Crippen LogP contribution in [0, 0.1) is 0 Å². The maximum atomic E-state index is 11.2. The zero-order chi connectivity index (χ0) is 13.9. The molecule has 0 aliphatic heterocycles. The average molecular weight is 249 g/mol. The summed E-state index contributed by atoms with van der Waals surface area (Å²) >= 11 is 0. The summed E-state index contributed by atoms with van der Waals surface area (Å²) in [4.78, 5) is 13.9. The molecule has 0 bridgehead atoms. The van der Waals surface area contributed by atoms with E-state index in [9.17, 15) is 4.79 Å². The molecule has 1 aromatic carbocycles. The average Bonchev–Trinajstić information content (AvgIpc) is 2.27. The number of carboxylic acid groups (broad SMARTS) is 1. The maximum Gasteiger partial charge on any atom is 0.339 e. The molecule has 0 amide bonds. The van der Waals surface area contributed by atoms with Crippen LogP contribution in [0.5, 0.6) is 5.75 Å². The second-order valence-electron chi connectivity index (χ2n) is 4.82. The first-order chi connectivity index (χ1) is 8.31. The highest BCUT2D eigenvalue weighted by molar-refractivity contribution is 5.93. The van der Waals surface area contributed by atoms with E-state index in [4.69, 9.17) is 15.4 Å². The number of carbonyl (C=O) groups is 1. The predicted molar refractivity (Wildman–Crippen MR) is 67.5 cm³/mol. The molecule has 0 heterocycles. The van der Waals surface area contributed by atoms with Crippen molar-refractivity contribution in [1.29, 1.82) is 0 Å². The lowest BCUT2D eigenvalue weighted by Crippen LogP contribution is -2.13. The van der Waals surface area contributed by atoms with Gasteiger partial charge in [-0.05, 0) is 28.6 Å². The van der Waals surface area contributed by atoms with Crippen molar-refractivity contribution in [2.24, 2.45) is 5.11 Å². The third-order valence-corrected chi connectivity index (χ3v) is 2.52. The van der Waals surface area contributed by atoms with E-state index in [0.29, 0.717) is 0 Å². The molecule has 0 aliphatic rings. The summed E-state index contributed by atoms with van der Waals surface area (Å²) in [6.45, 7) is 5.83. The van der Waals surface area contributed by atoms with Crippen molar-refractivity contribution in [2.45, 2.75) is 26.2 Å². The third kappa shape index (κ3) is 2.73. The minimum Gasteiger partial charge on any atom is -0.495 e. The van der Waals surface area contributed by atoms with E-state index in [0.717, 1.165) is 5.56 Å². The van der Waals surface area contributed by atoms with E-state index in [-0.39, 0.29) is 22.4 Å². The highest BCUT2D eigenvalue weighted by Gasteiger charge is 2.21. The monoisotopic (exact) mass is 249 g/mol. The van der Waals surface area contributed by atoms with E-state index >= 15 is 0 Å². The lowest BCUT2D eigenvalue weighted by atomic mass is 9.85. The van der Waals surface area contributed by atoms with Crippen molar-refractivity contribution < 1.29 is 14.6 Å². The molecule has 0 saturated heterocycles. The van der Waals surface area contributed by atoms with Gasteiger partial charge in [0.05, 0.1) is 12.8 Å². The van der Waals surface area contributed by atoms with Crippen LogP contribution in [0.1, 0.15) is 36.7 Å². The summed E-state index contributed by atoms with van der Waals surface area (Å²) < 4.78 is 5.01. The Hall–Kier alpha value is -2.20. The molecule has 0 radical (unpaired) electrons. The van der Waals surface area contributed by atoms with Crippen molar-refractivity contribution in [2.75, 3.05) is 7.11 Å². The van der Waals surface area contributed by atoms with E-state index in [1.165, 1.54) is 13.2 Å². The van der Waals surface area contributed by atoms with Crippen LogP contribution in [0.15, 0.2) is 17.2 Å². The van der Waals surface area contributed by atoms with Gasteiger partial charge in [0.25, 0.3) is 0 Å². The second kappa shape index (κ2) is 4.98. The first-order valence-corrected chi connectivity index (χ1v) is 5.32. The number of hydrogen-bond donors (Lipinski definition) is 1. The maximum absolute atomic E-state index is 11.2. The molecule has 6 heteroatoms. The second-order valence-corrected chi connectivity index (χ2v) is 4.82. The normalized spacial score (nSPS) is 10.7. The standard InChI is InChI=1S/C12H15N3O3/c1-12(2,3)7-5-8(11(16)17)10(18-4)9(6-7)14-15-13/h5-6H,1-4H3,(H,16,17). The van der Waals surface area contributed by atoms with Crippen LogP contribution in [-0.2, 0) is 5.41 Å². The van der Waals surface area contributed by atoms with Gasteiger partial charge < -0.3 is 9.84 Å². The van der Waals surface area contributed by atoms with Gasteiger partial charge in [0, 0.05) is 4.91 Å². The minimum absolute atomic E-state index is 0.00711. The molecule has 6 nitrogen and oxygen atoms in total. The fraction of sp³-hybridized carbons (Fsp3) is 0.417. The van der Waals surface area contributed by atoms with Crippen LogP contribution < -0.4 is 4.74 Å². The zero-order valence-electron chi connectivity index (χ0n) is 10.8. The van der Waals surface area contributed by atoms with Crippen molar-refractivity contribution in [3.8, 4) is 5.75 Å². The van der Waals surface area contributed by atoms with Gasteiger partial charge in [-0.1, -0.05) is 25.9 Å². The summed E-state index contributed by atoms with van der Waals surface area (Å²) in [5.74, 6) is -1.04. The lowest BCUT2D eigenvalue weighted by molar-refractivity contribution is 0.0693.